The summed E-state index contributed by atoms with van der Waals surface area (Å²) < 4.78 is 0. The first-order valence-corrected chi connectivity index (χ1v) is 5.74. The molecule has 16 heavy (non-hydrogen) atoms. The quantitative estimate of drug-likeness (QED) is 0.793. The molecule has 0 aliphatic heterocycles. The molecule has 0 aliphatic rings. The Balaban J connectivity index is 2.30. The first kappa shape index (κ1) is 13.1. The van der Waals surface area contributed by atoms with Crippen molar-refractivity contribution in [2.75, 3.05) is 27.2 Å². The van der Waals surface area contributed by atoms with E-state index in [4.69, 9.17) is 0 Å². The van der Waals surface area contributed by atoms with Gasteiger partial charge in [0.1, 0.15) is 0 Å². The maximum absolute atomic E-state index is 4.10. The fourth-order valence-corrected chi connectivity index (χ4v) is 1.96. The first-order chi connectivity index (χ1) is 7.49. The predicted octanol–water partition coefficient (Wildman–Crippen LogP) is 1.76. The van der Waals surface area contributed by atoms with E-state index in [0.717, 1.165) is 19.6 Å². The minimum Gasteiger partial charge on any atom is -0.312 e. The van der Waals surface area contributed by atoms with Crippen molar-refractivity contribution in [2.24, 2.45) is 5.41 Å². The summed E-state index contributed by atoms with van der Waals surface area (Å²) in [5, 5.41) is 3.48. The van der Waals surface area contributed by atoms with Gasteiger partial charge in [-0.05, 0) is 31.1 Å². The molecule has 0 saturated heterocycles. The third-order valence-electron chi connectivity index (χ3n) is 2.40. The molecule has 0 radical (unpaired) electrons. The Morgan fingerprint density at radius 1 is 1.38 bits per heavy atom. The molecular weight excluding hydrogens is 198 g/mol. The van der Waals surface area contributed by atoms with Crippen LogP contribution in [0.3, 0.4) is 0 Å². The summed E-state index contributed by atoms with van der Waals surface area (Å²) in [6, 6.07) is 4.07. The summed E-state index contributed by atoms with van der Waals surface area (Å²) in [4.78, 5) is 6.33. The highest BCUT2D eigenvalue weighted by Crippen LogP contribution is 2.14. The summed E-state index contributed by atoms with van der Waals surface area (Å²) in [5.41, 5.74) is 1.54. The van der Waals surface area contributed by atoms with Crippen molar-refractivity contribution >= 4 is 0 Å². The summed E-state index contributed by atoms with van der Waals surface area (Å²) in [6.45, 7) is 7.56. The van der Waals surface area contributed by atoms with Gasteiger partial charge in [-0.2, -0.15) is 0 Å². The molecule has 0 aromatic carbocycles. The molecule has 3 nitrogen and oxygen atoms in total. The highest BCUT2D eigenvalue weighted by Gasteiger charge is 2.17. The average Bonchev–Trinajstić information content (AvgIpc) is 2.16. The van der Waals surface area contributed by atoms with E-state index < -0.39 is 0 Å². The fraction of sp³-hybridized carbons (Fsp3) is 0.615. The molecular formula is C13H23N3. The van der Waals surface area contributed by atoms with Gasteiger partial charge < -0.3 is 10.2 Å². The van der Waals surface area contributed by atoms with Gasteiger partial charge >= 0.3 is 0 Å². The number of hydrogen-bond donors (Lipinski definition) is 1. The molecule has 0 unspecified atom stereocenters. The molecule has 0 atom stereocenters. The van der Waals surface area contributed by atoms with Gasteiger partial charge in [0.05, 0.1) is 0 Å². The highest BCUT2D eigenvalue weighted by molar-refractivity contribution is 5.07. The van der Waals surface area contributed by atoms with E-state index in [0.29, 0.717) is 5.41 Å². The van der Waals surface area contributed by atoms with Gasteiger partial charge in [0.15, 0.2) is 0 Å². The van der Waals surface area contributed by atoms with Crippen LogP contribution >= 0.6 is 0 Å². The molecule has 90 valence electrons. The van der Waals surface area contributed by atoms with Crippen LogP contribution in [0.2, 0.25) is 0 Å². The van der Waals surface area contributed by atoms with E-state index in [2.05, 4.69) is 49.2 Å². The molecule has 1 heterocycles. The summed E-state index contributed by atoms with van der Waals surface area (Å²) in [5.74, 6) is 0. The zero-order chi connectivity index (χ0) is 12.0. The van der Waals surface area contributed by atoms with Crippen LogP contribution in [-0.4, -0.2) is 37.1 Å². The van der Waals surface area contributed by atoms with E-state index in [-0.39, 0.29) is 0 Å². The van der Waals surface area contributed by atoms with Crippen molar-refractivity contribution < 1.29 is 0 Å². The Morgan fingerprint density at radius 2 is 2.12 bits per heavy atom. The van der Waals surface area contributed by atoms with Crippen LogP contribution in [0.1, 0.15) is 19.4 Å². The fourth-order valence-electron chi connectivity index (χ4n) is 1.96. The maximum Gasteiger partial charge on any atom is 0.0312 e. The monoisotopic (exact) mass is 221 g/mol. The topological polar surface area (TPSA) is 28.2 Å². The maximum atomic E-state index is 4.10. The highest BCUT2D eigenvalue weighted by atomic mass is 15.1. The summed E-state index contributed by atoms with van der Waals surface area (Å²) in [6.07, 6.45) is 3.71. The van der Waals surface area contributed by atoms with Crippen LogP contribution in [0.5, 0.6) is 0 Å². The first-order valence-electron chi connectivity index (χ1n) is 5.74. The number of aromatic nitrogens is 1. The second-order valence-electron chi connectivity index (χ2n) is 5.37. The number of hydrogen-bond acceptors (Lipinski definition) is 3. The predicted molar refractivity (Wildman–Crippen MR) is 68.3 cm³/mol. The molecule has 0 fully saturated rings. The van der Waals surface area contributed by atoms with Gasteiger partial charge in [-0.25, -0.2) is 0 Å². The van der Waals surface area contributed by atoms with Crippen molar-refractivity contribution in [1.82, 2.24) is 15.2 Å². The molecule has 0 spiro atoms. The molecule has 0 amide bonds. The Bertz CT molecular complexity index is 293. The largest absolute Gasteiger partial charge is 0.312 e. The molecule has 0 aliphatic carbocycles. The van der Waals surface area contributed by atoms with E-state index in [1.54, 1.807) is 6.20 Å². The zero-order valence-corrected chi connectivity index (χ0v) is 10.8. The van der Waals surface area contributed by atoms with Gasteiger partial charge in [-0.15, -0.1) is 0 Å². The lowest BCUT2D eigenvalue weighted by atomic mass is 9.93. The lowest BCUT2D eigenvalue weighted by molar-refractivity contribution is 0.232. The average molecular weight is 221 g/mol. The number of rotatable bonds is 6. The number of nitrogens with one attached hydrogen (secondary N) is 1. The Kier molecular flexibility index (Phi) is 4.90. The van der Waals surface area contributed by atoms with Gasteiger partial charge in [0.2, 0.25) is 0 Å². The Hall–Kier alpha value is -0.930. The minimum atomic E-state index is 0.297. The summed E-state index contributed by atoms with van der Waals surface area (Å²) in [7, 11) is 4.23. The van der Waals surface area contributed by atoms with E-state index in [9.17, 15) is 0 Å². The van der Waals surface area contributed by atoms with Crippen molar-refractivity contribution in [3.05, 3.63) is 30.1 Å². The lowest BCUT2D eigenvalue weighted by Gasteiger charge is -2.28. The van der Waals surface area contributed by atoms with E-state index in [1.165, 1.54) is 5.56 Å². The minimum absolute atomic E-state index is 0.297. The van der Waals surface area contributed by atoms with Crippen LogP contribution in [0, 0.1) is 5.41 Å². The van der Waals surface area contributed by atoms with Crippen LogP contribution in [-0.2, 0) is 6.54 Å². The normalized spacial score (nSPS) is 12.1. The summed E-state index contributed by atoms with van der Waals surface area (Å²) >= 11 is 0. The van der Waals surface area contributed by atoms with Gasteiger partial charge in [0.25, 0.3) is 0 Å². The van der Waals surface area contributed by atoms with Crippen molar-refractivity contribution in [3.63, 3.8) is 0 Å². The molecule has 1 rings (SSSR count). The molecule has 1 aromatic heterocycles. The molecule has 1 N–H and O–H groups in total. The second kappa shape index (κ2) is 5.97. The van der Waals surface area contributed by atoms with Crippen LogP contribution < -0.4 is 5.32 Å². The molecule has 0 saturated carbocycles. The smallest absolute Gasteiger partial charge is 0.0312 e. The van der Waals surface area contributed by atoms with Gasteiger partial charge in [0, 0.05) is 32.0 Å². The Morgan fingerprint density at radius 3 is 2.69 bits per heavy atom. The van der Waals surface area contributed by atoms with Gasteiger partial charge in [-0.1, -0.05) is 19.9 Å². The standard InChI is InChI=1S/C13H23N3/c1-13(2,11-16(3)4)10-15-9-12-6-5-7-14-8-12/h5-8,15H,9-11H2,1-4H3. The van der Waals surface area contributed by atoms with Crippen molar-refractivity contribution in [1.29, 1.82) is 0 Å². The van der Waals surface area contributed by atoms with Gasteiger partial charge in [-0.3, -0.25) is 4.98 Å². The Labute approximate surface area is 98.9 Å². The molecule has 3 heteroatoms. The van der Waals surface area contributed by atoms with E-state index in [1.807, 2.05) is 12.3 Å². The van der Waals surface area contributed by atoms with Crippen molar-refractivity contribution in [3.8, 4) is 0 Å². The molecule has 0 bridgehead atoms. The third kappa shape index (κ3) is 5.24. The molecule has 1 aromatic rings. The van der Waals surface area contributed by atoms with Crippen LogP contribution in [0.4, 0.5) is 0 Å². The number of pyridine rings is 1. The number of nitrogens with zero attached hydrogens (tertiary/aromatic N) is 2. The van der Waals surface area contributed by atoms with Crippen LogP contribution in [0.25, 0.3) is 0 Å². The third-order valence-corrected chi connectivity index (χ3v) is 2.40. The van der Waals surface area contributed by atoms with Crippen molar-refractivity contribution in [2.45, 2.75) is 20.4 Å². The zero-order valence-electron chi connectivity index (χ0n) is 10.8. The lowest BCUT2D eigenvalue weighted by Crippen LogP contribution is -2.37. The van der Waals surface area contributed by atoms with Crippen LogP contribution in [0.15, 0.2) is 24.5 Å². The second-order valence-corrected chi connectivity index (χ2v) is 5.37. The SMILES string of the molecule is CN(C)CC(C)(C)CNCc1cccnc1. The van der Waals surface area contributed by atoms with E-state index >= 15 is 0 Å².